The highest BCUT2D eigenvalue weighted by molar-refractivity contribution is 9.09. The molecule has 0 aliphatic rings. The Bertz CT molecular complexity index is 501. The van der Waals surface area contributed by atoms with Crippen LogP contribution < -0.4 is 0 Å². The molecule has 1 aromatic heterocycles. The number of benzene rings is 1. The average molecular weight is 316 g/mol. The number of aromatic nitrogens is 2. The summed E-state index contributed by atoms with van der Waals surface area (Å²) >= 11 is 9.55. The zero-order valence-electron chi connectivity index (χ0n) is 9.36. The maximum atomic E-state index is 6.08. The minimum atomic E-state index is 0.120. The smallest absolute Gasteiger partial charge is 0.240 e. The average Bonchev–Trinajstić information content (AvgIpc) is 2.80. The van der Waals surface area contributed by atoms with Crippen molar-refractivity contribution >= 4 is 27.5 Å². The summed E-state index contributed by atoms with van der Waals surface area (Å²) in [5.74, 6) is 1.28. The summed E-state index contributed by atoms with van der Waals surface area (Å²) in [5, 5.41) is 4.67. The first-order valence-corrected chi connectivity index (χ1v) is 6.70. The van der Waals surface area contributed by atoms with Crippen LogP contribution in [0.5, 0.6) is 0 Å². The number of alkyl halides is 1. The fourth-order valence-corrected chi connectivity index (χ4v) is 1.84. The molecule has 0 bridgehead atoms. The number of nitrogens with zero attached hydrogens (tertiary/aromatic N) is 2. The van der Waals surface area contributed by atoms with Crippen molar-refractivity contribution in [1.29, 1.82) is 0 Å². The van der Waals surface area contributed by atoms with Gasteiger partial charge in [-0.15, -0.1) is 0 Å². The van der Waals surface area contributed by atoms with Crippen LogP contribution in [0.1, 0.15) is 35.5 Å². The lowest BCUT2D eigenvalue weighted by Crippen LogP contribution is -1.93. The predicted molar refractivity (Wildman–Crippen MR) is 70.5 cm³/mol. The molecular weight excluding hydrogens is 304 g/mol. The van der Waals surface area contributed by atoms with E-state index >= 15 is 0 Å². The molecule has 90 valence electrons. The maximum Gasteiger partial charge on any atom is 0.240 e. The molecule has 5 heteroatoms. The SMILES string of the molecule is CCC(Br)c1nc(Cc2ccccc2Cl)no1. The third kappa shape index (κ3) is 3.07. The predicted octanol–water partition coefficient (Wildman–Crippen LogP) is 4.16. The summed E-state index contributed by atoms with van der Waals surface area (Å²) in [5.41, 5.74) is 1.00. The third-order valence-corrected chi connectivity index (χ3v) is 3.82. The van der Waals surface area contributed by atoms with Crippen molar-refractivity contribution in [3.63, 3.8) is 0 Å². The van der Waals surface area contributed by atoms with Crippen LogP contribution in [0.25, 0.3) is 0 Å². The molecule has 2 aromatic rings. The van der Waals surface area contributed by atoms with Gasteiger partial charge in [0.25, 0.3) is 0 Å². The van der Waals surface area contributed by atoms with Crippen molar-refractivity contribution < 1.29 is 4.52 Å². The molecule has 1 heterocycles. The van der Waals surface area contributed by atoms with Crippen LogP contribution in [0.15, 0.2) is 28.8 Å². The molecule has 2 rings (SSSR count). The molecule has 3 nitrogen and oxygen atoms in total. The van der Waals surface area contributed by atoms with E-state index in [1.54, 1.807) is 0 Å². The van der Waals surface area contributed by atoms with E-state index in [2.05, 4.69) is 33.0 Å². The number of halogens is 2. The van der Waals surface area contributed by atoms with E-state index < -0.39 is 0 Å². The summed E-state index contributed by atoms with van der Waals surface area (Å²) in [4.78, 5) is 4.45. The summed E-state index contributed by atoms with van der Waals surface area (Å²) in [7, 11) is 0. The lowest BCUT2D eigenvalue weighted by molar-refractivity contribution is 0.372. The van der Waals surface area contributed by atoms with Crippen LogP contribution in [0.2, 0.25) is 5.02 Å². The third-order valence-electron chi connectivity index (χ3n) is 2.42. The Balaban J connectivity index is 2.14. The van der Waals surface area contributed by atoms with Crippen LogP contribution in [-0.2, 0) is 6.42 Å². The Morgan fingerprint density at radius 3 is 2.88 bits per heavy atom. The van der Waals surface area contributed by atoms with E-state index in [1.165, 1.54) is 0 Å². The van der Waals surface area contributed by atoms with Crippen molar-refractivity contribution in [2.45, 2.75) is 24.6 Å². The van der Waals surface area contributed by atoms with Crippen LogP contribution in [0.3, 0.4) is 0 Å². The first-order chi connectivity index (χ1) is 8.20. The van der Waals surface area contributed by atoms with E-state index in [9.17, 15) is 0 Å². The largest absolute Gasteiger partial charge is 0.338 e. The lowest BCUT2D eigenvalue weighted by atomic mass is 10.1. The van der Waals surface area contributed by atoms with Crippen LogP contribution in [0, 0.1) is 0 Å². The second-order valence-electron chi connectivity index (χ2n) is 3.69. The molecule has 17 heavy (non-hydrogen) atoms. The zero-order valence-corrected chi connectivity index (χ0v) is 11.7. The monoisotopic (exact) mass is 314 g/mol. The van der Waals surface area contributed by atoms with Gasteiger partial charge in [0.1, 0.15) is 0 Å². The maximum absolute atomic E-state index is 6.08. The minimum absolute atomic E-state index is 0.120. The van der Waals surface area contributed by atoms with Gasteiger partial charge in [0.15, 0.2) is 5.82 Å². The highest BCUT2D eigenvalue weighted by Crippen LogP contribution is 2.25. The second kappa shape index (κ2) is 5.65. The zero-order chi connectivity index (χ0) is 12.3. The van der Waals surface area contributed by atoms with E-state index in [1.807, 2.05) is 24.3 Å². The molecular formula is C12H12BrClN2O. The molecule has 1 atom stereocenters. The minimum Gasteiger partial charge on any atom is -0.338 e. The van der Waals surface area contributed by atoms with Gasteiger partial charge in [-0.1, -0.05) is 57.8 Å². The first kappa shape index (κ1) is 12.6. The van der Waals surface area contributed by atoms with Gasteiger partial charge in [-0.2, -0.15) is 4.98 Å². The number of hydrogen-bond acceptors (Lipinski definition) is 3. The van der Waals surface area contributed by atoms with Gasteiger partial charge in [-0.25, -0.2) is 0 Å². The van der Waals surface area contributed by atoms with E-state index in [4.69, 9.17) is 16.1 Å². The molecule has 1 unspecified atom stereocenters. The molecule has 0 N–H and O–H groups in total. The highest BCUT2D eigenvalue weighted by Gasteiger charge is 2.14. The van der Waals surface area contributed by atoms with Crippen LogP contribution in [-0.4, -0.2) is 10.1 Å². The number of rotatable bonds is 4. The van der Waals surface area contributed by atoms with E-state index in [0.29, 0.717) is 18.1 Å². The molecule has 0 aliphatic heterocycles. The lowest BCUT2D eigenvalue weighted by Gasteiger charge is -1.99. The van der Waals surface area contributed by atoms with Gasteiger partial charge in [-0.3, -0.25) is 0 Å². The molecule has 0 amide bonds. The van der Waals surface area contributed by atoms with Crippen LogP contribution in [0.4, 0.5) is 0 Å². The van der Waals surface area contributed by atoms with Crippen LogP contribution >= 0.6 is 27.5 Å². The Labute approximate surface area is 113 Å². The molecule has 0 saturated carbocycles. The van der Waals surface area contributed by atoms with Gasteiger partial charge < -0.3 is 4.52 Å². The van der Waals surface area contributed by atoms with Gasteiger partial charge in [0, 0.05) is 11.4 Å². The Morgan fingerprint density at radius 2 is 2.18 bits per heavy atom. The van der Waals surface area contributed by atoms with Crippen molar-refractivity contribution in [2.75, 3.05) is 0 Å². The molecule has 0 saturated heterocycles. The Morgan fingerprint density at radius 1 is 1.41 bits per heavy atom. The molecule has 1 aromatic carbocycles. The summed E-state index contributed by atoms with van der Waals surface area (Å²) in [6, 6.07) is 7.67. The molecule has 0 aliphatic carbocycles. The van der Waals surface area contributed by atoms with Crippen molar-refractivity contribution in [3.05, 3.63) is 46.6 Å². The highest BCUT2D eigenvalue weighted by atomic mass is 79.9. The quantitative estimate of drug-likeness (QED) is 0.795. The molecule has 0 spiro atoms. The van der Waals surface area contributed by atoms with Gasteiger partial charge >= 0.3 is 0 Å². The Hall–Kier alpha value is -0.870. The number of hydrogen-bond donors (Lipinski definition) is 0. The van der Waals surface area contributed by atoms with Gasteiger partial charge in [-0.05, 0) is 18.1 Å². The van der Waals surface area contributed by atoms with Gasteiger partial charge in [0.2, 0.25) is 5.89 Å². The molecule has 0 fully saturated rings. The topological polar surface area (TPSA) is 38.9 Å². The van der Waals surface area contributed by atoms with Crippen molar-refractivity contribution in [1.82, 2.24) is 10.1 Å². The van der Waals surface area contributed by atoms with E-state index in [-0.39, 0.29) is 4.83 Å². The second-order valence-corrected chi connectivity index (χ2v) is 5.21. The first-order valence-electron chi connectivity index (χ1n) is 5.40. The fourth-order valence-electron chi connectivity index (χ4n) is 1.45. The standard InChI is InChI=1S/C12H12BrClN2O/c1-2-9(13)12-15-11(16-17-12)7-8-5-3-4-6-10(8)14/h3-6,9H,2,7H2,1H3. The van der Waals surface area contributed by atoms with Crippen molar-refractivity contribution in [2.24, 2.45) is 0 Å². The summed E-state index contributed by atoms with van der Waals surface area (Å²) in [6.07, 6.45) is 1.50. The normalized spacial score (nSPS) is 12.6. The Kier molecular flexibility index (Phi) is 4.18. The fraction of sp³-hybridized carbons (Fsp3) is 0.333. The van der Waals surface area contributed by atoms with Gasteiger partial charge in [0.05, 0.1) is 4.83 Å². The molecule has 0 radical (unpaired) electrons. The summed E-state index contributed by atoms with van der Waals surface area (Å²) in [6.45, 7) is 2.05. The van der Waals surface area contributed by atoms with Crippen molar-refractivity contribution in [3.8, 4) is 0 Å². The summed E-state index contributed by atoms with van der Waals surface area (Å²) < 4.78 is 5.18. The van der Waals surface area contributed by atoms with E-state index in [0.717, 1.165) is 17.0 Å².